The molecule has 0 radical (unpaired) electrons. The SMILES string of the molecule is CCNC(c1ccc(F)c(Cl)c1)c1cnn(CC)c1. The maximum Gasteiger partial charge on any atom is 0.141 e. The first-order valence-electron chi connectivity index (χ1n) is 6.36. The van der Waals surface area contributed by atoms with Crippen molar-refractivity contribution < 1.29 is 4.39 Å². The first-order chi connectivity index (χ1) is 9.15. The summed E-state index contributed by atoms with van der Waals surface area (Å²) in [7, 11) is 0. The van der Waals surface area contributed by atoms with Crippen LogP contribution in [0.15, 0.2) is 30.6 Å². The highest BCUT2D eigenvalue weighted by Crippen LogP contribution is 2.25. The first kappa shape index (κ1) is 14.0. The van der Waals surface area contributed by atoms with Crippen molar-refractivity contribution in [2.24, 2.45) is 0 Å². The number of aromatic nitrogens is 2. The van der Waals surface area contributed by atoms with Gasteiger partial charge < -0.3 is 5.32 Å². The molecule has 2 rings (SSSR count). The summed E-state index contributed by atoms with van der Waals surface area (Å²) in [5, 5.41) is 7.78. The Kier molecular flexibility index (Phi) is 4.56. The Morgan fingerprint density at radius 2 is 2.16 bits per heavy atom. The molecule has 1 unspecified atom stereocenters. The second kappa shape index (κ2) is 6.17. The lowest BCUT2D eigenvalue weighted by Gasteiger charge is -2.17. The molecule has 5 heteroatoms. The summed E-state index contributed by atoms with van der Waals surface area (Å²) in [6, 6.07) is 4.78. The van der Waals surface area contributed by atoms with Crippen molar-refractivity contribution in [1.82, 2.24) is 15.1 Å². The van der Waals surface area contributed by atoms with Crippen LogP contribution in [-0.2, 0) is 6.54 Å². The fourth-order valence-corrected chi connectivity index (χ4v) is 2.21. The zero-order valence-electron chi connectivity index (χ0n) is 11.0. The molecule has 0 fully saturated rings. The van der Waals surface area contributed by atoms with E-state index in [4.69, 9.17) is 11.6 Å². The minimum Gasteiger partial charge on any atom is -0.306 e. The summed E-state index contributed by atoms with van der Waals surface area (Å²) in [6.45, 7) is 5.69. The van der Waals surface area contributed by atoms with E-state index in [1.54, 1.807) is 12.1 Å². The number of nitrogens with one attached hydrogen (secondary N) is 1. The van der Waals surface area contributed by atoms with Gasteiger partial charge in [0, 0.05) is 18.3 Å². The third kappa shape index (κ3) is 3.14. The molecule has 0 amide bonds. The van der Waals surface area contributed by atoms with Gasteiger partial charge in [-0.2, -0.15) is 5.10 Å². The van der Waals surface area contributed by atoms with Gasteiger partial charge >= 0.3 is 0 Å². The van der Waals surface area contributed by atoms with Gasteiger partial charge in [-0.05, 0) is 31.2 Å². The Balaban J connectivity index is 2.35. The molecule has 0 spiro atoms. The van der Waals surface area contributed by atoms with Crippen LogP contribution >= 0.6 is 11.6 Å². The predicted octanol–water partition coefficient (Wildman–Crippen LogP) is 3.39. The van der Waals surface area contributed by atoms with Crippen molar-refractivity contribution >= 4 is 11.6 Å². The van der Waals surface area contributed by atoms with Crippen molar-refractivity contribution in [2.75, 3.05) is 6.54 Å². The standard InChI is InChI=1S/C14H17ClFN3/c1-3-17-14(11-8-18-19(4-2)9-11)10-5-6-13(16)12(15)7-10/h5-9,14,17H,3-4H2,1-2H3. The van der Waals surface area contributed by atoms with E-state index in [0.29, 0.717) is 0 Å². The van der Waals surface area contributed by atoms with Gasteiger partial charge in [0.1, 0.15) is 5.82 Å². The number of nitrogens with zero attached hydrogens (tertiary/aromatic N) is 2. The molecule has 1 heterocycles. The molecule has 1 aromatic heterocycles. The van der Waals surface area contributed by atoms with E-state index in [-0.39, 0.29) is 11.1 Å². The Bertz CT molecular complexity index is 553. The zero-order chi connectivity index (χ0) is 13.8. The molecular weight excluding hydrogens is 265 g/mol. The van der Waals surface area contributed by atoms with Crippen LogP contribution in [0, 0.1) is 5.82 Å². The highest BCUT2D eigenvalue weighted by Gasteiger charge is 2.16. The third-order valence-electron chi connectivity index (χ3n) is 3.00. The molecule has 0 aliphatic carbocycles. The van der Waals surface area contributed by atoms with Gasteiger partial charge in [-0.3, -0.25) is 4.68 Å². The van der Waals surface area contributed by atoms with Crippen molar-refractivity contribution in [3.8, 4) is 0 Å². The van der Waals surface area contributed by atoms with Gasteiger partial charge in [0.15, 0.2) is 0 Å². The largest absolute Gasteiger partial charge is 0.306 e. The lowest BCUT2D eigenvalue weighted by Crippen LogP contribution is -2.21. The summed E-state index contributed by atoms with van der Waals surface area (Å²) in [4.78, 5) is 0. The van der Waals surface area contributed by atoms with Crippen LogP contribution in [-0.4, -0.2) is 16.3 Å². The number of halogens is 2. The lowest BCUT2D eigenvalue weighted by molar-refractivity contribution is 0.612. The summed E-state index contributed by atoms with van der Waals surface area (Å²) in [5.41, 5.74) is 1.98. The summed E-state index contributed by atoms with van der Waals surface area (Å²) in [5.74, 6) is -0.398. The molecule has 1 atom stereocenters. The Morgan fingerprint density at radius 3 is 2.74 bits per heavy atom. The first-order valence-corrected chi connectivity index (χ1v) is 6.74. The number of hydrogen-bond acceptors (Lipinski definition) is 2. The molecule has 2 aromatic rings. The molecule has 0 bridgehead atoms. The topological polar surface area (TPSA) is 29.9 Å². The Morgan fingerprint density at radius 1 is 1.37 bits per heavy atom. The van der Waals surface area contributed by atoms with Crippen LogP contribution < -0.4 is 5.32 Å². The van der Waals surface area contributed by atoms with Crippen LogP contribution in [0.2, 0.25) is 5.02 Å². The quantitative estimate of drug-likeness (QED) is 0.910. The minimum atomic E-state index is -0.398. The van der Waals surface area contributed by atoms with E-state index < -0.39 is 5.82 Å². The predicted molar refractivity (Wildman–Crippen MR) is 74.8 cm³/mol. The highest BCUT2D eigenvalue weighted by molar-refractivity contribution is 6.30. The van der Waals surface area contributed by atoms with Crippen molar-refractivity contribution in [3.63, 3.8) is 0 Å². The van der Waals surface area contributed by atoms with Gasteiger partial charge in [-0.25, -0.2) is 4.39 Å². The second-order valence-corrected chi connectivity index (χ2v) is 4.70. The van der Waals surface area contributed by atoms with Crippen LogP contribution in [0.3, 0.4) is 0 Å². The van der Waals surface area contributed by atoms with E-state index in [1.165, 1.54) is 6.07 Å². The van der Waals surface area contributed by atoms with Crippen molar-refractivity contribution in [1.29, 1.82) is 0 Å². The average molecular weight is 282 g/mol. The molecule has 102 valence electrons. The van der Waals surface area contributed by atoms with Gasteiger partial charge in [-0.15, -0.1) is 0 Å². The zero-order valence-corrected chi connectivity index (χ0v) is 11.8. The molecule has 1 N–H and O–H groups in total. The smallest absolute Gasteiger partial charge is 0.141 e. The van der Waals surface area contributed by atoms with Gasteiger partial charge in [0.05, 0.1) is 17.3 Å². The number of hydrogen-bond donors (Lipinski definition) is 1. The van der Waals surface area contributed by atoms with Crippen molar-refractivity contribution in [3.05, 3.63) is 52.6 Å². The number of benzene rings is 1. The summed E-state index contributed by atoms with van der Waals surface area (Å²) >= 11 is 5.85. The molecule has 0 aliphatic heterocycles. The third-order valence-corrected chi connectivity index (χ3v) is 3.29. The fraction of sp³-hybridized carbons (Fsp3) is 0.357. The van der Waals surface area contributed by atoms with E-state index in [1.807, 2.05) is 30.9 Å². The van der Waals surface area contributed by atoms with Gasteiger partial charge in [0.25, 0.3) is 0 Å². The summed E-state index contributed by atoms with van der Waals surface area (Å²) < 4.78 is 15.1. The average Bonchev–Trinajstić information content (AvgIpc) is 2.88. The van der Waals surface area contributed by atoms with Crippen LogP contribution in [0.1, 0.15) is 31.0 Å². The highest BCUT2D eigenvalue weighted by atomic mass is 35.5. The summed E-state index contributed by atoms with van der Waals surface area (Å²) in [6.07, 6.45) is 3.82. The maximum atomic E-state index is 13.2. The van der Waals surface area contributed by atoms with E-state index in [2.05, 4.69) is 10.4 Å². The molecule has 19 heavy (non-hydrogen) atoms. The Labute approximate surface area is 117 Å². The minimum absolute atomic E-state index is 0.0246. The van der Waals surface area contributed by atoms with Crippen LogP contribution in [0.25, 0.3) is 0 Å². The van der Waals surface area contributed by atoms with E-state index >= 15 is 0 Å². The fourth-order valence-electron chi connectivity index (χ4n) is 2.03. The molecule has 0 saturated carbocycles. The van der Waals surface area contributed by atoms with Crippen LogP contribution in [0.4, 0.5) is 4.39 Å². The van der Waals surface area contributed by atoms with E-state index in [9.17, 15) is 4.39 Å². The molecular formula is C14H17ClFN3. The molecule has 3 nitrogen and oxygen atoms in total. The van der Waals surface area contributed by atoms with Crippen molar-refractivity contribution in [2.45, 2.75) is 26.4 Å². The van der Waals surface area contributed by atoms with Gasteiger partial charge in [0.2, 0.25) is 0 Å². The lowest BCUT2D eigenvalue weighted by atomic mass is 10.0. The molecule has 1 aromatic carbocycles. The van der Waals surface area contributed by atoms with Gasteiger partial charge in [-0.1, -0.05) is 24.6 Å². The number of rotatable bonds is 5. The second-order valence-electron chi connectivity index (χ2n) is 4.29. The molecule has 0 saturated heterocycles. The maximum absolute atomic E-state index is 13.2. The Hall–Kier alpha value is -1.39. The molecule has 0 aliphatic rings. The monoisotopic (exact) mass is 281 g/mol. The number of aryl methyl sites for hydroxylation is 1. The van der Waals surface area contributed by atoms with Crippen LogP contribution in [0.5, 0.6) is 0 Å². The van der Waals surface area contributed by atoms with E-state index in [0.717, 1.165) is 24.2 Å². The normalized spacial score (nSPS) is 12.6.